The highest BCUT2D eigenvalue weighted by atomic mass is 32.2. The number of hydrogen-bond donors (Lipinski definition) is 2. The number of rotatable bonds is 4. The molecule has 2 N–H and O–H groups in total. The van der Waals surface area contributed by atoms with Crippen LogP contribution in [-0.2, 0) is 9.84 Å². The number of aliphatic hydroxyl groups excluding tert-OH is 1. The van der Waals surface area contributed by atoms with Crippen molar-refractivity contribution in [3.05, 3.63) is 34.9 Å². The van der Waals surface area contributed by atoms with Gasteiger partial charge in [0, 0.05) is 23.4 Å². The number of sulfone groups is 1. The molecule has 0 bridgehead atoms. The van der Waals surface area contributed by atoms with Crippen LogP contribution in [0.15, 0.2) is 18.2 Å². The SMILES string of the molecule is Cc1ccc(C#CCO)cc1C(=O)NC(C)CS(C)(=O)=O. The molecule has 1 aromatic carbocycles. The van der Waals surface area contributed by atoms with Crippen molar-refractivity contribution in [1.82, 2.24) is 5.32 Å². The molecule has 0 aliphatic heterocycles. The fourth-order valence-electron chi connectivity index (χ4n) is 1.88. The third kappa shape index (κ3) is 5.98. The van der Waals surface area contributed by atoms with Crippen molar-refractivity contribution in [3.63, 3.8) is 0 Å². The van der Waals surface area contributed by atoms with Gasteiger partial charge in [0.05, 0.1) is 5.75 Å². The van der Waals surface area contributed by atoms with Gasteiger partial charge in [0.2, 0.25) is 0 Å². The van der Waals surface area contributed by atoms with Crippen LogP contribution in [0.3, 0.4) is 0 Å². The van der Waals surface area contributed by atoms with E-state index < -0.39 is 15.9 Å². The molecular weight excluding hydrogens is 290 g/mol. The lowest BCUT2D eigenvalue weighted by Gasteiger charge is -2.14. The highest BCUT2D eigenvalue weighted by Gasteiger charge is 2.15. The summed E-state index contributed by atoms with van der Waals surface area (Å²) in [5, 5.41) is 11.3. The zero-order valence-corrected chi connectivity index (χ0v) is 13.1. The molecule has 6 heteroatoms. The van der Waals surface area contributed by atoms with Crippen molar-refractivity contribution in [1.29, 1.82) is 0 Å². The van der Waals surface area contributed by atoms with E-state index in [9.17, 15) is 13.2 Å². The lowest BCUT2D eigenvalue weighted by Crippen LogP contribution is -2.37. The van der Waals surface area contributed by atoms with Gasteiger partial charge < -0.3 is 10.4 Å². The highest BCUT2D eigenvalue weighted by molar-refractivity contribution is 7.90. The van der Waals surface area contributed by atoms with E-state index in [1.165, 1.54) is 0 Å². The molecule has 1 rings (SSSR count). The molecule has 1 amide bonds. The molecule has 0 heterocycles. The van der Waals surface area contributed by atoms with Gasteiger partial charge in [-0.2, -0.15) is 0 Å². The normalized spacial score (nSPS) is 12.2. The summed E-state index contributed by atoms with van der Waals surface area (Å²) in [6.07, 6.45) is 1.13. The zero-order chi connectivity index (χ0) is 16.0. The Bertz CT molecular complexity index is 683. The van der Waals surface area contributed by atoms with E-state index in [1.807, 2.05) is 0 Å². The van der Waals surface area contributed by atoms with Crippen LogP contribution in [0.25, 0.3) is 0 Å². The van der Waals surface area contributed by atoms with Crippen LogP contribution in [0.4, 0.5) is 0 Å². The molecule has 0 spiro atoms. The first-order valence-electron chi connectivity index (χ1n) is 6.42. The summed E-state index contributed by atoms with van der Waals surface area (Å²) in [4.78, 5) is 12.2. The van der Waals surface area contributed by atoms with Crippen molar-refractivity contribution < 1.29 is 18.3 Å². The Balaban J connectivity index is 2.91. The topological polar surface area (TPSA) is 83.5 Å². The molecule has 0 aliphatic rings. The summed E-state index contributed by atoms with van der Waals surface area (Å²) < 4.78 is 22.4. The van der Waals surface area contributed by atoms with E-state index in [2.05, 4.69) is 17.2 Å². The largest absolute Gasteiger partial charge is 0.384 e. The lowest BCUT2D eigenvalue weighted by atomic mass is 10.0. The number of aryl methyl sites for hydroxylation is 1. The first-order chi connectivity index (χ1) is 9.73. The monoisotopic (exact) mass is 309 g/mol. The van der Waals surface area contributed by atoms with E-state index in [0.717, 1.165) is 11.8 Å². The minimum atomic E-state index is -3.15. The van der Waals surface area contributed by atoms with Gasteiger partial charge in [0.1, 0.15) is 16.4 Å². The van der Waals surface area contributed by atoms with E-state index >= 15 is 0 Å². The van der Waals surface area contributed by atoms with Crippen LogP contribution in [-0.4, -0.2) is 44.1 Å². The fourth-order valence-corrected chi connectivity index (χ4v) is 2.87. The molecule has 0 fully saturated rings. The summed E-state index contributed by atoms with van der Waals surface area (Å²) in [6, 6.07) is 4.67. The number of amides is 1. The third-order valence-corrected chi connectivity index (χ3v) is 3.83. The van der Waals surface area contributed by atoms with Crippen LogP contribution in [0.1, 0.15) is 28.4 Å². The van der Waals surface area contributed by atoms with Gasteiger partial charge >= 0.3 is 0 Å². The summed E-state index contributed by atoms with van der Waals surface area (Å²) in [6.45, 7) is 3.18. The second kappa shape index (κ2) is 7.25. The van der Waals surface area contributed by atoms with Crippen molar-refractivity contribution in [3.8, 4) is 11.8 Å². The number of benzene rings is 1. The van der Waals surface area contributed by atoms with Gasteiger partial charge in [0.25, 0.3) is 5.91 Å². The smallest absolute Gasteiger partial charge is 0.251 e. The van der Waals surface area contributed by atoms with Crippen molar-refractivity contribution in [2.45, 2.75) is 19.9 Å². The lowest BCUT2D eigenvalue weighted by molar-refractivity contribution is 0.0943. The molecule has 114 valence electrons. The second-order valence-corrected chi connectivity index (χ2v) is 7.14. The Hall–Kier alpha value is -1.84. The van der Waals surface area contributed by atoms with E-state index in [-0.39, 0.29) is 18.3 Å². The Morgan fingerprint density at radius 2 is 2.10 bits per heavy atom. The molecule has 1 unspecified atom stereocenters. The summed E-state index contributed by atoms with van der Waals surface area (Å²) in [5.41, 5.74) is 1.84. The molecule has 0 saturated heterocycles. The minimum Gasteiger partial charge on any atom is -0.384 e. The number of carbonyl (C=O) groups is 1. The van der Waals surface area contributed by atoms with E-state index in [1.54, 1.807) is 32.0 Å². The average Bonchev–Trinajstić information content (AvgIpc) is 2.35. The van der Waals surface area contributed by atoms with E-state index in [4.69, 9.17) is 5.11 Å². The van der Waals surface area contributed by atoms with Gasteiger partial charge in [-0.05, 0) is 31.5 Å². The summed E-state index contributed by atoms with van der Waals surface area (Å²) in [7, 11) is -3.15. The molecule has 0 aliphatic carbocycles. The van der Waals surface area contributed by atoms with Crippen molar-refractivity contribution >= 4 is 15.7 Å². The van der Waals surface area contributed by atoms with Gasteiger partial charge in [-0.1, -0.05) is 17.9 Å². The molecule has 1 atom stereocenters. The number of nitrogens with one attached hydrogen (secondary N) is 1. The summed E-state index contributed by atoms with van der Waals surface area (Å²) >= 11 is 0. The molecule has 1 aromatic rings. The zero-order valence-electron chi connectivity index (χ0n) is 12.3. The first-order valence-corrected chi connectivity index (χ1v) is 8.48. The average molecular weight is 309 g/mol. The first kappa shape index (κ1) is 17.2. The molecule has 0 aromatic heterocycles. The van der Waals surface area contributed by atoms with Crippen molar-refractivity contribution in [2.24, 2.45) is 0 Å². The molecule has 5 nitrogen and oxygen atoms in total. The predicted octanol–water partition coefficient (Wildman–Crippen LogP) is 0.502. The maximum atomic E-state index is 12.2. The Kier molecular flexibility index (Phi) is 5.94. The van der Waals surface area contributed by atoms with Gasteiger partial charge in [-0.3, -0.25) is 4.79 Å². The maximum Gasteiger partial charge on any atom is 0.251 e. The van der Waals surface area contributed by atoms with Crippen LogP contribution in [0, 0.1) is 18.8 Å². The quantitative estimate of drug-likeness (QED) is 0.794. The Morgan fingerprint density at radius 3 is 2.67 bits per heavy atom. The molecule has 0 radical (unpaired) electrons. The third-order valence-electron chi connectivity index (χ3n) is 2.72. The second-order valence-electron chi connectivity index (χ2n) is 4.96. The van der Waals surface area contributed by atoms with Crippen LogP contribution in [0.2, 0.25) is 0 Å². The number of aliphatic hydroxyl groups is 1. The van der Waals surface area contributed by atoms with Gasteiger partial charge in [-0.15, -0.1) is 0 Å². The van der Waals surface area contributed by atoms with Gasteiger partial charge in [0.15, 0.2) is 0 Å². The van der Waals surface area contributed by atoms with Crippen LogP contribution < -0.4 is 5.32 Å². The number of carbonyl (C=O) groups excluding carboxylic acids is 1. The van der Waals surface area contributed by atoms with Crippen LogP contribution >= 0.6 is 0 Å². The Morgan fingerprint density at radius 1 is 1.43 bits per heavy atom. The molecule has 21 heavy (non-hydrogen) atoms. The van der Waals surface area contributed by atoms with Crippen molar-refractivity contribution in [2.75, 3.05) is 18.6 Å². The minimum absolute atomic E-state index is 0.109. The summed E-state index contributed by atoms with van der Waals surface area (Å²) in [5.74, 6) is 4.80. The standard InChI is InChI=1S/C15H19NO4S/c1-11-6-7-13(5-4-8-17)9-14(11)15(18)16-12(2)10-21(3,19)20/h6-7,9,12,17H,8,10H2,1-3H3,(H,16,18). The fraction of sp³-hybridized carbons (Fsp3) is 0.400. The Labute approximate surface area is 125 Å². The molecular formula is C15H19NO4S. The van der Waals surface area contributed by atoms with Gasteiger partial charge in [-0.25, -0.2) is 8.42 Å². The molecule has 0 saturated carbocycles. The maximum absolute atomic E-state index is 12.2. The van der Waals surface area contributed by atoms with Crippen LogP contribution in [0.5, 0.6) is 0 Å². The number of hydrogen-bond acceptors (Lipinski definition) is 4. The van der Waals surface area contributed by atoms with E-state index in [0.29, 0.717) is 11.1 Å². The highest BCUT2D eigenvalue weighted by Crippen LogP contribution is 2.11. The predicted molar refractivity (Wildman–Crippen MR) is 81.8 cm³/mol.